The molecule has 0 amide bonds. The molecule has 2 aromatic rings. The summed E-state index contributed by atoms with van der Waals surface area (Å²) in [6.45, 7) is 0. The Kier molecular flexibility index (Phi) is 3.94. The van der Waals surface area contributed by atoms with Gasteiger partial charge in [0.2, 0.25) is 0 Å². The van der Waals surface area contributed by atoms with E-state index in [1.165, 1.54) is 48.5 Å². The zero-order valence-electron chi connectivity index (χ0n) is 9.35. The van der Waals surface area contributed by atoms with Crippen LogP contribution >= 0.6 is 11.6 Å². The monoisotopic (exact) mass is 268 g/mol. The second-order valence-electron chi connectivity index (χ2n) is 3.95. The van der Waals surface area contributed by atoms with Crippen molar-refractivity contribution in [1.82, 2.24) is 0 Å². The van der Waals surface area contributed by atoms with Gasteiger partial charge in [0.1, 0.15) is 11.6 Å². The first-order valence-corrected chi connectivity index (χ1v) is 5.84. The summed E-state index contributed by atoms with van der Waals surface area (Å²) in [5, 5.41) is 9.34. The van der Waals surface area contributed by atoms with Crippen LogP contribution in [0.5, 0.6) is 0 Å². The summed E-state index contributed by atoms with van der Waals surface area (Å²) in [5.74, 6) is -0.738. The van der Waals surface area contributed by atoms with Gasteiger partial charge in [-0.05, 0) is 35.4 Å². The molecule has 0 spiro atoms. The van der Waals surface area contributed by atoms with E-state index < -0.39 is 11.5 Å². The van der Waals surface area contributed by atoms with Crippen LogP contribution in [-0.2, 0) is 0 Å². The third kappa shape index (κ3) is 2.86. The number of aliphatic hydroxyl groups excluding tert-OH is 1. The molecule has 0 aromatic heterocycles. The van der Waals surface area contributed by atoms with Gasteiger partial charge in [-0.15, -0.1) is 11.6 Å². The summed E-state index contributed by atoms with van der Waals surface area (Å²) in [6, 6.07) is 11.0. The first-order valence-electron chi connectivity index (χ1n) is 5.41. The van der Waals surface area contributed by atoms with Crippen molar-refractivity contribution in [3.05, 3.63) is 71.3 Å². The lowest BCUT2D eigenvalue weighted by Gasteiger charge is -2.17. The molecular formula is C14H11ClF2O. The number of aliphatic hydroxyl groups is 1. The predicted molar refractivity (Wildman–Crippen MR) is 66.4 cm³/mol. The maximum Gasteiger partial charge on any atom is 0.123 e. The molecule has 2 rings (SSSR count). The summed E-state index contributed by atoms with van der Waals surface area (Å²) < 4.78 is 25.5. The third-order valence-electron chi connectivity index (χ3n) is 2.68. The van der Waals surface area contributed by atoms with Crippen LogP contribution in [0.2, 0.25) is 0 Å². The Labute approximate surface area is 109 Å². The van der Waals surface area contributed by atoms with Crippen molar-refractivity contribution in [3.8, 4) is 0 Å². The van der Waals surface area contributed by atoms with Gasteiger partial charge in [-0.3, -0.25) is 0 Å². The van der Waals surface area contributed by atoms with Crippen molar-refractivity contribution in [2.24, 2.45) is 0 Å². The molecular weight excluding hydrogens is 258 g/mol. The zero-order valence-corrected chi connectivity index (χ0v) is 10.1. The van der Waals surface area contributed by atoms with Crippen LogP contribution < -0.4 is 0 Å². The van der Waals surface area contributed by atoms with Gasteiger partial charge in [0.15, 0.2) is 0 Å². The van der Waals surface area contributed by atoms with Gasteiger partial charge in [-0.2, -0.15) is 0 Å². The first kappa shape index (κ1) is 13.0. The molecule has 1 N–H and O–H groups in total. The smallest absolute Gasteiger partial charge is 0.123 e. The number of rotatable bonds is 3. The highest BCUT2D eigenvalue weighted by atomic mass is 35.5. The lowest BCUT2D eigenvalue weighted by Crippen LogP contribution is -2.05. The fourth-order valence-electron chi connectivity index (χ4n) is 1.66. The summed E-state index contributed by atoms with van der Waals surface area (Å²) in [4.78, 5) is 0. The van der Waals surface area contributed by atoms with E-state index in [2.05, 4.69) is 0 Å². The zero-order chi connectivity index (χ0) is 13.1. The quantitative estimate of drug-likeness (QED) is 0.835. The SMILES string of the molecule is O[C@@H](c1ccc(F)cc1)[C@@H](Cl)c1ccc(F)cc1. The molecule has 0 saturated carbocycles. The molecule has 2 aromatic carbocycles. The molecule has 0 bridgehead atoms. The van der Waals surface area contributed by atoms with Gasteiger partial charge < -0.3 is 5.11 Å². The standard InChI is InChI=1S/C14H11ClF2O/c15-13(9-1-5-11(16)6-2-9)14(18)10-3-7-12(17)8-4-10/h1-8,13-14,18H/t13-,14-/m0/s1. The lowest BCUT2D eigenvalue weighted by molar-refractivity contribution is 0.172. The van der Waals surface area contributed by atoms with Crippen LogP contribution in [0.25, 0.3) is 0 Å². The Morgan fingerprint density at radius 3 is 1.61 bits per heavy atom. The van der Waals surface area contributed by atoms with Crippen molar-refractivity contribution >= 4 is 11.6 Å². The molecule has 2 atom stereocenters. The van der Waals surface area contributed by atoms with Crippen LogP contribution in [0.1, 0.15) is 22.6 Å². The fraction of sp³-hybridized carbons (Fsp3) is 0.143. The highest BCUT2D eigenvalue weighted by Crippen LogP contribution is 2.34. The Morgan fingerprint density at radius 2 is 1.17 bits per heavy atom. The molecule has 1 nitrogen and oxygen atoms in total. The normalized spacial score (nSPS) is 14.2. The average Bonchev–Trinajstić information content (AvgIpc) is 2.39. The second-order valence-corrected chi connectivity index (χ2v) is 4.42. The van der Waals surface area contributed by atoms with Crippen LogP contribution in [0, 0.1) is 11.6 Å². The minimum absolute atomic E-state index is 0.362. The molecule has 0 unspecified atom stereocenters. The average molecular weight is 269 g/mol. The largest absolute Gasteiger partial charge is 0.387 e. The Bertz CT molecular complexity index is 461. The number of hydrogen-bond acceptors (Lipinski definition) is 1. The summed E-state index contributed by atoms with van der Waals surface area (Å²) in [6.07, 6.45) is -0.974. The van der Waals surface area contributed by atoms with E-state index in [1.54, 1.807) is 0 Å². The molecule has 0 heterocycles. The third-order valence-corrected chi connectivity index (χ3v) is 3.17. The maximum atomic E-state index is 12.8. The van der Waals surface area contributed by atoms with Crippen molar-refractivity contribution in [2.45, 2.75) is 11.5 Å². The highest BCUT2D eigenvalue weighted by molar-refractivity contribution is 6.21. The maximum absolute atomic E-state index is 12.8. The van der Waals surface area contributed by atoms with E-state index in [1.807, 2.05) is 0 Å². The van der Waals surface area contributed by atoms with E-state index in [-0.39, 0.29) is 11.6 Å². The summed E-state index contributed by atoms with van der Waals surface area (Å²) >= 11 is 6.12. The second kappa shape index (κ2) is 5.46. The number of benzene rings is 2. The molecule has 94 valence electrons. The van der Waals surface area contributed by atoms with Crippen LogP contribution in [-0.4, -0.2) is 5.11 Å². The van der Waals surface area contributed by atoms with Gasteiger partial charge in [0.25, 0.3) is 0 Å². The molecule has 0 aliphatic rings. The topological polar surface area (TPSA) is 20.2 Å². The van der Waals surface area contributed by atoms with E-state index in [9.17, 15) is 13.9 Å². The highest BCUT2D eigenvalue weighted by Gasteiger charge is 2.20. The van der Waals surface area contributed by atoms with Crippen LogP contribution in [0.15, 0.2) is 48.5 Å². The van der Waals surface area contributed by atoms with Crippen molar-refractivity contribution in [1.29, 1.82) is 0 Å². The van der Waals surface area contributed by atoms with Gasteiger partial charge in [-0.1, -0.05) is 24.3 Å². The van der Waals surface area contributed by atoms with Gasteiger partial charge in [-0.25, -0.2) is 8.78 Å². The molecule has 0 fully saturated rings. The van der Waals surface area contributed by atoms with Crippen molar-refractivity contribution in [2.75, 3.05) is 0 Å². The summed E-state index contributed by atoms with van der Waals surface area (Å²) in [7, 11) is 0. The van der Waals surface area contributed by atoms with Gasteiger partial charge in [0.05, 0.1) is 11.5 Å². The van der Waals surface area contributed by atoms with Gasteiger partial charge >= 0.3 is 0 Å². The Hall–Kier alpha value is -1.45. The van der Waals surface area contributed by atoms with Crippen LogP contribution in [0.3, 0.4) is 0 Å². The first-order chi connectivity index (χ1) is 8.58. The number of halogens is 3. The minimum Gasteiger partial charge on any atom is -0.387 e. The van der Waals surface area contributed by atoms with Crippen LogP contribution in [0.4, 0.5) is 8.78 Å². The molecule has 4 heteroatoms. The molecule has 18 heavy (non-hydrogen) atoms. The lowest BCUT2D eigenvalue weighted by atomic mass is 10.0. The number of hydrogen-bond donors (Lipinski definition) is 1. The fourth-order valence-corrected chi connectivity index (χ4v) is 1.95. The molecule has 0 saturated heterocycles. The Morgan fingerprint density at radius 1 is 0.778 bits per heavy atom. The molecule has 0 aliphatic heterocycles. The van der Waals surface area contributed by atoms with E-state index in [0.717, 1.165) is 0 Å². The number of alkyl halides is 1. The minimum atomic E-state index is -0.974. The molecule has 0 radical (unpaired) electrons. The van der Waals surface area contributed by atoms with Gasteiger partial charge in [0, 0.05) is 0 Å². The van der Waals surface area contributed by atoms with E-state index in [0.29, 0.717) is 11.1 Å². The Balaban J connectivity index is 2.20. The van der Waals surface area contributed by atoms with E-state index >= 15 is 0 Å². The van der Waals surface area contributed by atoms with Crippen molar-refractivity contribution < 1.29 is 13.9 Å². The van der Waals surface area contributed by atoms with Crippen molar-refractivity contribution in [3.63, 3.8) is 0 Å². The molecule has 0 aliphatic carbocycles. The van der Waals surface area contributed by atoms with E-state index in [4.69, 9.17) is 11.6 Å². The summed E-state index contributed by atoms with van der Waals surface area (Å²) in [5.41, 5.74) is 1.12. The predicted octanol–water partition coefficient (Wildman–Crippen LogP) is 3.98.